The van der Waals surface area contributed by atoms with Gasteiger partial charge >= 0.3 is 0 Å². The number of carbonyl (C=O) groups excluding carboxylic acids is 2. The normalized spacial score (nSPS) is 19.2. The summed E-state index contributed by atoms with van der Waals surface area (Å²) in [6, 6.07) is 14.0. The second kappa shape index (κ2) is 6.83. The van der Waals surface area contributed by atoms with Crippen molar-refractivity contribution in [2.75, 3.05) is 23.3 Å². The number of carbonyl (C=O) groups is 2. The fraction of sp³-hybridized carbons (Fsp3) is 0.333. The van der Waals surface area contributed by atoms with Gasteiger partial charge in [-0.1, -0.05) is 30.3 Å². The standard InChI is InChI=1S/C21H23N3O2/c22-21(26)17-12-16-15(10-14-6-2-1-3-7-14)11-20(25)23-18(16)13-19(17)24-8-4-5-9-24/h1-3,6-7,12-13,15H,4-5,8-11H2,(H2,22,26)(H,23,25)/t15-/m0/s1. The van der Waals surface area contributed by atoms with E-state index in [2.05, 4.69) is 22.3 Å². The number of primary amides is 1. The molecule has 3 N–H and O–H groups in total. The van der Waals surface area contributed by atoms with E-state index in [1.165, 1.54) is 5.56 Å². The first kappa shape index (κ1) is 16.6. The maximum absolute atomic E-state index is 12.3. The average molecular weight is 349 g/mol. The molecule has 2 aliphatic heterocycles. The van der Waals surface area contributed by atoms with Crippen LogP contribution in [0.2, 0.25) is 0 Å². The Morgan fingerprint density at radius 2 is 1.88 bits per heavy atom. The van der Waals surface area contributed by atoms with Crippen LogP contribution in [0.1, 0.15) is 46.7 Å². The molecule has 0 aromatic heterocycles. The molecule has 5 nitrogen and oxygen atoms in total. The largest absolute Gasteiger partial charge is 0.371 e. The molecule has 0 spiro atoms. The van der Waals surface area contributed by atoms with Crippen LogP contribution in [0.25, 0.3) is 0 Å². The van der Waals surface area contributed by atoms with Crippen LogP contribution in [-0.2, 0) is 11.2 Å². The van der Waals surface area contributed by atoms with Crippen molar-refractivity contribution in [3.8, 4) is 0 Å². The molecule has 2 aliphatic rings. The van der Waals surface area contributed by atoms with E-state index in [4.69, 9.17) is 5.73 Å². The minimum Gasteiger partial charge on any atom is -0.371 e. The number of hydrogen-bond donors (Lipinski definition) is 2. The molecule has 5 heteroatoms. The van der Waals surface area contributed by atoms with Gasteiger partial charge in [-0.05, 0) is 48.4 Å². The summed E-state index contributed by atoms with van der Waals surface area (Å²) in [6.07, 6.45) is 3.40. The van der Waals surface area contributed by atoms with Crippen LogP contribution in [0.15, 0.2) is 42.5 Å². The number of anilines is 2. The van der Waals surface area contributed by atoms with E-state index in [1.54, 1.807) is 0 Å². The number of nitrogens with two attached hydrogens (primary N) is 1. The van der Waals surface area contributed by atoms with Crippen molar-refractivity contribution in [2.45, 2.75) is 31.6 Å². The van der Waals surface area contributed by atoms with Gasteiger partial charge in [0.1, 0.15) is 0 Å². The summed E-state index contributed by atoms with van der Waals surface area (Å²) in [7, 11) is 0. The Morgan fingerprint density at radius 1 is 1.15 bits per heavy atom. The first-order valence-electron chi connectivity index (χ1n) is 9.18. The molecule has 26 heavy (non-hydrogen) atoms. The van der Waals surface area contributed by atoms with Gasteiger partial charge in [-0.25, -0.2) is 0 Å². The molecule has 0 unspecified atom stereocenters. The molecule has 2 heterocycles. The Bertz CT molecular complexity index is 842. The van der Waals surface area contributed by atoms with E-state index in [0.717, 1.165) is 49.3 Å². The Labute approximate surface area is 153 Å². The highest BCUT2D eigenvalue weighted by molar-refractivity contribution is 6.02. The van der Waals surface area contributed by atoms with Gasteiger partial charge in [0.15, 0.2) is 0 Å². The van der Waals surface area contributed by atoms with Crippen LogP contribution in [0.3, 0.4) is 0 Å². The van der Waals surface area contributed by atoms with Gasteiger partial charge < -0.3 is 16.0 Å². The molecule has 134 valence electrons. The third-order valence-corrected chi connectivity index (χ3v) is 5.35. The topological polar surface area (TPSA) is 75.4 Å². The highest BCUT2D eigenvalue weighted by Gasteiger charge is 2.29. The summed E-state index contributed by atoms with van der Waals surface area (Å²) in [5, 5.41) is 2.99. The highest BCUT2D eigenvalue weighted by atomic mass is 16.2. The number of amides is 2. The van der Waals surface area contributed by atoms with Crippen molar-refractivity contribution in [1.29, 1.82) is 0 Å². The number of nitrogens with one attached hydrogen (secondary N) is 1. The maximum atomic E-state index is 12.3. The van der Waals surface area contributed by atoms with Crippen LogP contribution in [0.5, 0.6) is 0 Å². The van der Waals surface area contributed by atoms with Crippen LogP contribution < -0.4 is 16.0 Å². The Kier molecular flexibility index (Phi) is 4.37. The number of fused-ring (bicyclic) bond motifs is 1. The summed E-state index contributed by atoms with van der Waals surface area (Å²) in [4.78, 5) is 26.6. The monoisotopic (exact) mass is 349 g/mol. The van der Waals surface area contributed by atoms with Crippen molar-refractivity contribution in [2.24, 2.45) is 5.73 Å². The van der Waals surface area contributed by atoms with Gasteiger partial charge in [-0.3, -0.25) is 9.59 Å². The van der Waals surface area contributed by atoms with Crippen LogP contribution in [0.4, 0.5) is 11.4 Å². The molecule has 0 saturated carbocycles. The summed E-state index contributed by atoms with van der Waals surface area (Å²) < 4.78 is 0. The predicted molar refractivity (Wildman–Crippen MR) is 103 cm³/mol. The van der Waals surface area contributed by atoms with Gasteiger partial charge in [-0.2, -0.15) is 0 Å². The summed E-state index contributed by atoms with van der Waals surface area (Å²) in [6.45, 7) is 1.83. The molecular formula is C21H23N3O2. The lowest BCUT2D eigenvalue weighted by Gasteiger charge is -2.29. The first-order chi connectivity index (χ1) is 12.6. The number of hydrogen-bond acceptors (Lipinski definition) is 3. The number of benzene rings is 2. The molecule has 2 amide bonds. The van der Waals surface area contributed by atoms with Gasteiger partial charge in [0, 0.05) is 25.2 Å². The second-order valence-corrected chi connectivity index (χ2v) is 7.15. The molecule has 2 aromatic carbocycles. The molecule has 0 aliphatic carbocycles. The van der Waals surface area contributed by atoms with E-state index < -0.39 is 5.91 Å². The maximum Gasteiger partial charge on any atom is 0.250 e. The van der Waals surface area contributed by atoms with Gasteiger partial charge in [0.25, 0.3) is 5.91 Å². The molecule has 4 rings (SSSR count). The molecule has 1 atom stereocenters. The van der Waals surface area contributed by atoms with Gasteiger partial charge in [-0.15, -0.1) is 0 Å². The molecule has 0 radical (unpaired) electrons. The number of nitrogens with zero attached hydrogens (tertiary/aromatic N) is 1. The lowest BCUT2D eigenvalue weighted by atomic mass is 9.84. The average Bonchev–Trinajstić information content (AvgIpc) is 3.16. The lowest BCUT2D eigenvalue weighted by Crippen LogP contribution is -2.28. The zero-order chi connectivity index (χ0) is 18.1. The van der Waals surface area contributed by atoms with Crippen LogP contribution in [0, 0.1) is 0 Å². The Balaban J connectivity index is 1.75. The van der Waals surface area contributed by atoms with Crippen molar-refractivity contribution < 1.29 is 9.59 Å². The van der Waals surface area contributed by atoms with E-state index in [0.29, 0.717) is 12.0 Å². The number of rotatable bonds is 4. The second-order valence-electron chi connectivity index (χ2n) is 7.15. The molecule has 1 saturated heterocycles. The third-order valence-electron chi connectivity index (χ3n) is 5.35. The zero-order valence-corrected chi connectivity index (χ0v) is 14.7. The Hall–Kier alpha value is -2.82. The van der Waals surface area contributed by atoms with Crippen molar-refractivity contribution in [1.82, 2.24) is 0 Å². The van der Waals surface area contributed by atoms with E-state index >= 15 is 0 Å². The van der Waals surface area contributed by atoms with Crippen LogP contribution in [-0.4, -0.2) is 24.9 Å². The van der Waals surface area contributed by atoms with Gasteiger partial charge in [0.05, 0.1) is 11.3 Å². The summed E-state index contributed by atoms with van der Waals surface area (Å²) in [5.41, 5.74) is 10.1. The smallest absolute Gasteiger partial charge is 0.250 e. The molecule has 2 aromatic rings. The molecular weight excluding hydrogens is 326 g/mol. The minimum absolute atomic E-state index is 0.0256. The minimum atomic E-state index is -0.412. The van der Waals surface area contributed by atoms with Crippen molar-refractivity contribution >= 4 is 23.2 Å². The third kappa shape index (κ3) is 3.17. The van der Waals surface area contributed by atoms with E-state index in [1.807, 2.05) is 30.3 Å². The van der Waals surface area contributed by atoms with Crippen molar-refractivity contribution in [3.63, 3.8) is 0 Å². The first-order valence-corrected chi connectivity index (χ1v) is 9.18. The van der Waals surface area contributed by atoms with E-state index in [-0.39, 0.29) is 11.8 Å². The fourth-order valence-electron chi connectivity index (χ4n) is 4.08. The van der Waals surface area contributed by atoms with Crippen molar-refractivity contribution in [3.05, 3.63) is 59.2 Å². The lowest BCUT2D eigenvalue weighted by molar-refractivity contribution is -0.116. The van der Waals surface area contributed by atoms with Gasteiger partial charge in [0.2, 0.25) is 5.91 Å². The molecule has 1 fully saturated rings. The highest BCUT2D eigenvalue weighted by Crippen LogP contribution is 2.39. The summed E-state index contributed by atoms with van der Waals surface area (Å²) in [5.74, 6) is -0.338. The molecule has 0 bridgehead atoms. The fourth-order valence-corrected chi connectivity index (χ4v) is 4.08. The predicted octanol–water partition coefficient (Wildman–Crippen LogP) is 3.05. The van der Waals surface area contributed by atoms with Crippen LogP contribution >= 0.6 is 0 Å². The van der Waals surface area contributed by atoms with E-state index in [9.17, 15) is 9.59 Å². The summed E-state index contributed by atoms with van der Waals surface area (Å²) >= 11 is 0. The quantitative estimate of drug-likeness (QED) is 0.891. The Morgan fingerprint density at radius 3 is 2.58 bits per heavy atom. The SMILES string of the molecule is NC(=O)c1cc2c(cc1N1CCCC1)NC(=O)C[C@@H]2Cc1ccccc1. The zero-order valence-electron chi connectivity index (χ0n) is 14.7.